The molecule has 0 saturated heterocycles. The minimum absolute atomic E-state index is 0.128. The van der Waals surface area contributed by atoms with E-state index in [2.05, 4.69) is 9.78 Å². The van der Waals surface area contributed by atoms with Crippen molar-refractivity contribution in [1.82, 2.24) is 0 Å². The van der Waals surface area contributed by atoms with E-state index in [1.54, 1.807) is 14.2 Å². The van der Waals surface area contributed by atoms with Crippen molar-refractivity contribution in [3.05, 3.63) is 23.3 Å². The molecule has 0 N–H and O–H groups in total. The monoisotopic (exact) mass is 308 g/mol. The van der Waals surface area contributed by atoms with Crippen molar-refractivity contribution < 1.29 is 28.8 Å². The van der Waals surface area contributed by atoms with Crippen molar-refractivity contribution in [3.8, 4) is 11.5 Å². The lowest BCUT2D eigenvalue weighted by atomic mass is 9.75. The lowest BCUT2D eigenvalue weighted by Gasteiger charge is -2.31. The zero-order chi connectivity index (χ0) is 16.3. The molecule has 0 fully saturated rings. The highest BCUT2D eigenvalue weighted by molar-refractivity contribution is 5.76. The van der Waals surface area contributed by atoms with Gasteiger partial charge in [0.25, 0.3) is 0 Å². The lowest BCUT2D eigenvalue weighted by Crippen LogP contribution is -2.29. The molecule has 0 heterocycles. The molecule has 1 aliphatic carbocycles. The molecule has 22 heavy (non-hydrogen) atoms. The normalized spacial score (nSPS) is 19.8. The van der Waals surface area contributed by atoms with Crippen LogP contribution in [0.4, 0.5) is 0 Å². The summed E-state index contributed by atoms with van der Waals surface area (Å²) in [5.74, 6) is -0.220. The fourth-order valence-corrected chi connectivity index (χ4v) is 2.98. The highest BCUT2D eigenvalue weighted by Crippen LogP contribution is 2.45. The number of rotatable bonds is 3. The Morgan fingerprint density at radius 2 is 1.73 bits per heavy atom. The Morgan fingerprint density at radius 1 is 1.09 bits per heavy atom. The second-order valence-corrected chi connectivity index (χ2v) is 5.27. The Bertz CT molecular complexity index is 580. The molecule has 0 radical (unpaired) electrons. The van der Waals surface area contributed by atoms with E-state index < -0.39 is 17.9 Å². The summed E-state index contributed by atoms with van der Waals surface area (Å²) in [5.41, 5.74) is 1.99. The molecule has 0 aliphatic heterocycles. The van der Waals surface area contributed by atoms with Gasteiger partial charge in [0.05, 0.1) is 20.1 Å². The van der Waals surface area contributed by atoms with E-state index >= 15 is 0 Å². The topological polar surface area (TPSA) is 71.1 Å². The summed E-state index contributed by atoms with van der Waals surface area (Å²) in [6, 6.07) is 3.69. The van der Waals surface area contributed by atoms with Crippen LogP contribution in [-0.4, -0.2) is 26.2 Å². The van der Waals surface area contributed by atoms with Crippen LogP contribution in [0.3, 0.4) is 0 Å². The third kappa shape index (κ3) is 3.00. The fourth-order valence-electron chi connectivity index (χ4n) is 2.98. The highest BCUT2D eigenvalue weighted by atomic mass is 17.2. The Hall–Kier alpha value is -2.24. The predicted molar refractivity (Wildman–Crippen MR) is 77.6 cm³/mol. The van der Waals surface area contributed by atoms with Crippen LogP contribution in [0.1, 0.15) is 37.3 Å². The number of benzene rings is 1. The zero-order valence-corrected chi connectivity index (χ0v) is 13.2. The van der Waals surface area contributed by atoms with Crippen LogP contribution in [0.15, 0.2) is 12.1 Å². The Balaban J connectivity index is 2.30. The second kappa shape index (κ2) is 6.68. The van der Waals surface area contributed by atoms with E-state index in [4.69, 9.17) is 9.47 Å². The van der Waals surface area contributed by atoms with Gasteiger partial charge in [0, 0.05) is 18.1 Å². The molecule has 1 aromatic rings. The summed E-state index contributed by atoms with van der Waals surface area (Å²) >= 11 is 0. The van der Waals surface area contributed by atoms with Gasteiger partial charge in [0.15, 0.2) is 0 Å². The molecule has 0 bridgehead atoms. The molecule has 0 spiro atoms. The van der Waals surface area contributed by atoms with Gasteiger partial charge in [-0.3, -0.25) is 0 Å². The second-order valence-electron chi connectivity index (χ2n) is 5.27. The van der Waals surface area contributed by atoms with E-state index in [9.17, 15) is 9.59 Å². The smallest absolute Gasteiger partial charge is 0.359 e. The fraction of sp³-hybridized carbons (Fsp3) is 0.500. The zero-order valence-electron chi connectivity index (χ0n) is 13.2. The third-order valence-corrected chi connectivity index (χ3v) is 4.02. The Kier molecular flexibility index (Phi) is 4.90. The van der Waals surface area contributed by atoms with Crippen molar-refractivity contribution in [1.29, 1.82) is 0 Å². The number of carbonyl (C=O) groups excluding carboxylic acids is 2. The number of hydrogen-bond donors (Lipinski definition) is 0. The summed E-state index contributed by atoms with van der Waals surface area (Å²) in [7, 11) is 3.21. The first-order valence-corrected chi connectivity index (χ1v) is 7.12. The summed E-state index contributed by atoms with van der Waals surface area (Å²) in [5, 5.41) is 0. The van der Waals surface area contributed by atoms with Gasteiger partial charge in [-0.05, 0) is 30.9 Å². The number of fused-ring (bicyclic) bond motifs is 1. The SMILES string of the molecule is COc1ccc(OC)c2c1CCC(C(=O)OOC(C)=O)C2C. The largest absolute Gasteiger partial charge is 0.496 e. The minimum atomic E-state index is -0.656. The van der Waals surface area contributed by atoms with Gasteiger partial charge in [-0.2, -0.15) is 0 Å². The maximum Gasteiger partial charge on any atom is 0.359 e. The van der Waals surface area contributed by atoms with Crippen LogP contribution in [0.2, 0.25) is 0 Å². The number of ether oxygens (including phenoxy) is 2. The highest BCUT2D eigenvalue weighted by Gasteiger charge is 2.37. The van der Waals surface area contributed by atoms with E-state index in [0.29, 0.717) is 18.6 Å². The number of carbonyl (C=O) groups is 2. The van der Waals surface area contributed by atoms with Crippen molar-refractivity contribution in [2.75, 3.05) is 14.2 Å². The van der Waals surface area contributed by atoms with Gasteiger partial charge in [-0.15, -0.1) is 0 Å². The van der Waals surface area contributed by atoms with E-state index in [1.165, 1.54) is 6.92 Å². The average molecular weight is 308 g/mol. The first-order valence-electron chi connectivity index (χ1n) is 7.12. The number of hydrogen-bond acceptors (Lipinski definition) is 6. The van der Waals surface area contributed by atoms with Crippen LogP contribution >= 0.6 is 0 Å². The summed E-state index contributed by atoms with van der Waals surface area (Å²) in [6.45, 7) is 3.11. The third-order valence-electron chi connectivity index (χ3n) is 4.02. The number of methoxy groups -OCH3 is 2. The standard InChI is InChI=1S/C16H20O6/c1-9-11(16(18)22-21-10(2)17)5-6-12-13(19-3)7-8-14(20-4)15(9)12/h7-9,11H,5-6H2,1-4H3. The van der Waals surface area contributed by atoms with E-state index in [-0.39, 0.29) is 5.92 Å². The van der Waals surface area contributed by atoms with Crippen molar-refractivity contribution in [2.45, 2.75) is 32.6 Å². The molecule has 1 aliphatic rings. The molecule has 2 unspecified atom stereocenters. The van der Waals surface area contributed by atoms with Crippen LogP contribution in [0, 0.1) is 5.92 Å². The lowest BCUT2D eigenvalue weighted by molar-refractivity contribution is -0.261. The van der Waals surface area contributed by atoms with Crippen LogP contribution in [0.25, 0.3) is 0 Å². The molecule has 2 rings (SSSR count). The van der Waals surface area contributed by atoms with Crippen LogP contribution in [0.5, 0.6) is 11.5 Å². The van der Waals surface area contributed by atoms with Gasteiger partial charge in [0.2, 0.25) is 0 Å². The molecule has 6 nitrogen and oxygen atoms in total. The van der Waals surface area contributed by atoms with Gasteiger partial charge in [-0.1, -0.05) is 6.92 Å². The van der Waals surface area contributed by atoms with E-state index in [1.807, 2.05) is 19.1 Å². The molecule has 6 heteroatoms. The van der Waals surface area contributed by atoms with Gasteiger partial charge >= 0.3 is 11.9 Å². The van der Waals surface area contributed by atoms with Gasteiger partial charge in [-0.25, -0.2) is 19.4 Å². The van der Waals surface area contributed by atoms with E-state index in [0.717, 1.165) is 16.9 Å². The molecule has 0 saturated carbocycles. The van der Waals surface area contributed by atoms with Gasteiger partial charge < -0.3 is 9.47 Å². The Morgan fingerprint density at radius 3 is 2.32 bits per heavy atom. The van der Waals surface area contributed by atoms with Crippen molar-refractivity contribution >= 4 is 11.9 Å². The molecular weight excluding hydrogens is 288 g/mol. The summed E-state index contributed by atoms with van der Waals surface area (Å²) in [4.78, 5) is 31.8. The van der Waals surface area contributed by atoms with Gasteiger partial charge in [0.1, 0.15) is 11.5 Å². The van der Waals surface area contributed by atoms with Crippen LogP contribution in [-0.2, 0) is 25.8 Å². The summed E-state index contributed by atoms with van der Waals surface area (Å²) < 4.78 is 10.8. The molecule has 0 amide bonds. The first kappa shape index (κ1) is 16.1. The van der Waals surface area contributed by atoms with Crippen molar-refractivity contribution in [2.24, 2.45) is 5.92 Å². The average Bonchev–Trinajstić information content (AvgIpc) is 2.51. The first-order chi connectivity index (χ1) is 10.5. The summed E-state index contributed by atoms with van der Waals surface area (Å²) in [6.07, 6.45) is 1.26. The molecule has 1 aromatic carbocycles. The minimum Gasteiger partial charge on any atom is -0.496 e. The maximum atomic E-state index is 12.1. The molecule has 120 valence electrons. The molecule has 0 aromatic heterocycles. The predicted octanol–water partition coefficient (Wildman–Crippen LogP) is 2.39. The maximum absolute atomic E-state index is 12.1. The quantitative estimate of drug-likeness (QED) is 0.631. The van der Waals surface area contributed by atoms with Crippen molar-refractivity contribution in [3.63, 3.8) is 0 Å². The molecule has 2 atom stereocenters. The Labute approximate surface area is 129 Å². The molecular formula is C16H20O6. The van der Waals surface area contributed by atoms with Crippen LogP contribution < -0.4 is 9.47 Å².